The molecule has 1 atom stereocenters. The molecule has 7 nitrogen and oxygen atoms in total. The van der Waals surface area contributed by atoms with Crippen molar-refractivity contribution in [3.8, 4) is 17.0 Å². The van der Waals surface area contributed by atoms with E-state index >= 15 is 0 Å². The molecule has 2 N–H and O–H groups in total. The van der Waals surface area contributed by atoms with Crippen LogP contribution in [0.4, 0.5) is 10.5 Å². The fourth-order valence-electron chi connectivity index (χ4n) is 5.24. The van der Waals surface area contributed by atoms with E-state index in [1.807, 2.05) is 32.0 Å². The first-order chi connectivity index (χ1) is 17.6. The predicted octanol–water partition coefficient (Wildman–Crippen LogP) is 6.65. The number of aromatic nitrogens is 1. The van der Waals surface area contributed by atoms with Crippen LogP contribution < -0.4 is 15.5 Å². The van der Waals surface area contributed by atoms with Crippen LogP contribution in [0, 0.1) is 5.92 Å². The molecule has 2 heterocycles. The SMILES string of the molecule is CCOc1ccc2c(C3=CCNO3)c(-c3ccc(NC(=O)OC(C)C4CC4)cc3)n(C3CCC3)c2c1. The third-order valence-corrected chi connectivity index (χ3v) is 7.51. The minimum atomic E-state index is -0.398. The van der Waals surface area contributed by atoms with Gasteiger partial charge in [-0.05, 0) is 87.8 Å². The summed E-state index contributed by atoms with van der Waals surface area (Å²) in [5.41, 5.74) is 8.16. The summed E-state index contributed by atoms with van der Waals surface area (Å²) in [4.78, 5) is 18.2. The third-order valence-electron chi connectivity index (χ3n) is 7.51. The number of rotatable bonds is 8. The summed E-state index contributed by atoms with van der Waals surface area (Å²) in [6, 6.07) is 14.8. The molecule has 1 aromatic heterocycles. The second-order valence-electron chi connectivity index (χ2n) is 9.96. The van der Waals surface area contributed by atoms with Crippen LogP contribution in [0.2, 0.25) is 0 Å². The minimum Gasteiger partial charge on any atom is -0.494 e. The van der Waals surface area contributed by atoms with Gasteiger partial charge in [0.25, 0.3) is 0 Å². The van der Waals surface area contributed by atoms with E-state index in [0.717, 1.165) is 70.6 Å². The number of hydrogen-bond acceptors (Lipinski definition) is 5. The number of amides is 1. The van der Waals surface area contributed by atoms with Crippen LogP contribution in [0.3, 0.4) is 0 Å². The second-order valence-corrected chi connectivity index (χ2v) is 9.96. The van der Waals surface area contributed by atoms with Crippen LogP contribution >= 0.6 is 0 Å². The smallest absolute Gasteiger partial charge is 0.411 e. The van der Waals surface area contributed by atoms with Gasteiger partial charge in [0.1, 0.15) is 11.9 Å². The molecule has 7 heteroatoms. The Morgan fingerprint density at radius 3 is 2.61 bits per heavy atom. The van der Waals surface area contributed by atoms with Crippen molar-refractivity contribution in [2.45, 2.75) is 58.1 Å². The number of hydrogen-bond donors (Lipinski definition) is 2. The standard InChI is InChI=1S/C29H33N3O4/c1-3-34-23-13-14-24-25(17-23)32(22-5-4-6-22)28(27(24)26-15-16-30-36-26)20-9-11-21(12-10-20)31-29(33)35-18(2)19-7-8-19/h9-15,17-19,22,30H,3-8,16H2,1-2H3,(H,31,33). The van der Waals surface area contributed by atoms with Gasteiger partial charge in [0.05, 0.1) is 29.9 Å². The molecule has 3 aromatic rings. The Balaban J connectivity index is 1.39. The minimum absolute atomic E-state index is 0.0418. The first-order valence-electron chi connectivity index (χ1n) is 13.1. The summed E-state index contributed by atoms with van der Waals surface area (Å²) in [5, 5.41) is 4.03. The topological polar surface area (TPSA) is 73.8 Å². The van der Waals surface area contributed by atoms with E-state index in [9.17, 15) is 4.79 Å². The van der Waals surface area contributed by atoms with Crippen molar-refractivity contribution in [1.29, 1.82) is 0 Å². The predicted molar refractivity (Wildman–Crippen MR) is 141 cm³/mol. The fourth-order valence-corrected chi connectivity index (χ4v) is 5.24. The number of carbonyl (C=O) groups excluding carboxylic acids is 1. The van der Waals surface area contributed by atoms with Crippen LogP contribution in [0.15, 0.2) is 48.5 Å². The van der Waals surface area contributed by atoms with E-state index in [1.54, 1.807) is 0 Å². The van der Waals surface area contributed by atoms with E-state index in [0.29, 0.717) is 25.1 Å². The maximum atomic E-state index is 12.4. The van der Waals surface area contributed by atoms with Crippen molar-refractivity contribution >= 4 is 28.4 Å². The number of nitrogens with zero attached hydrogens (tertiary/aromatic N) is 1. The van der Waals surface area contributed by atoms with Crippen LogP contribution in [0.25, 0.3) is 27.9 Å². The van der Waals surface area contributed by atoms with E-state index in [-0.39, 0.29) is 6.10 Å². The third kappa shape index (κ3) is 4.32. The molecule has 2 saturated carbocycles. The zero-order chi connectivity index (χ0) is 24.6. The number of benzene rings is 2. The van der Waals surface area contributed by atoms with Crippen molar-refractivity contribution < 1.29 is 19.1 Å². The molecule has 2 fully saturated rings. The molecule has 0 spiro atoms. The van der Waals surface area contributed by atoms with E-state index in [4.69, 9.17) is 14.3 Å². The Bertz CT molecular complexity index is 1300. The summed E-state index contributed by atoms with van der Waals surface area (Å²) >= 11 is 0. The zero-order valence-electron chi connectivity index (χ0n) is 20.9. The highest BCUT2D eigenvalue weighted by Crippen LogP contribution is 2.46. The molecule has 1 aliphatic heterocycles. The Kier molecular flexibility index (Phi) is 6.09. The van der Waals surface area contributed by atoms with E-state index < -0.39 is 6.09 Å². The molecular weight excluding hydrogens is 454 g/mol. The summed E-state index contributed by atoms with van der Waals surface area (Å²) in [5.74, 6) is 2.23. The fraction of sp³-hybridized carbons (Fsp3) is 0.414. The molecule has 1 unspecified atom stereocenters. The van der Waals surface area contributed by atoms with Crippen LogP contribution in [-0.4, -0.2) is 29.9 Å². The van der Waals surface area contributed by atoms with Gasteiger partial charge >= 0.3 is 6.09 Å². The largest absolute Gasteiger partial charge is 0.494 e. The van der Waals surface area contributed by atoms with Gasteiger partial charge in [-0.2, -0.15) is 5.48 Å². The van der Waals surface area contributed by atoms with Gasteiger partial charge in [-0.3, -0.25) is 5.32 Å². The van der Waals surface area contributed by atoms with Gasteiger partial charge in [0.15, 0.2) is 5.76 Å². The van der Waals surface area contributed by atoms with Crippen LogP contribution in [0.1, 0.15) is 57.6 Å². The van der Waals surface area contributed by atoms with Crippen molar-refractivity contribution in [2.24, 2.45) is 5.92 Å². The average molecular weight is 488 g/mol. The number of ether oxygens (including phenoxy) is 2. The first kappa shape index (κ1) is 23.0. The molecule has 36 heavy (non-hydrogen) atoms. The molecule has 2 aliphatic carbocycles. The van der Waals surface area contributed by atoms with Gasteiger partial charge in [0.2, 0.25) is 0 Å². The zero-order valence-corrected chi connectivity index (χ0v) is 20.9. The van der Waals surface area contributed by atoms with Crippen molar-refractivity contribution in [1.82, 2.24) is 10.0 Å². The summed E-state index contributed by atoms with van der Waals surface area (Å²) in [6.45, 7) is 5.27. The average Bonchev–Trinajstić information content (AvgIpc) is 3.47. The number of fused-ring (bicyclic) bond motifs is 1. The normalized spacial score (nSPS) is 18.3. The lowest BCUT2D eigenvalue weighted by atomic mass is 9.92. The Labute approximate surface area is 211 Å². The highest BCUT2D eigenvalue weighted by atomic mass is 16.7. The number of carbonyl (C=O) groups is 1. The molecule has 1 amide bonds. The van der Waals surface area contributed by atoms with Crippen molar-refractivity contribution in [3.63, 3.8) is 0 Å². The Morgan fingerprint density at radius 1 is 1.17 bits per heavy atom. The Morgan fingerprint density at radius 2 is 1.97 bits per heavy atom. The highest BCUT2D eigenvalue weighted by Gasteiger charge is 2.32. The lowest BCUT2D eigenvalue weighted by Crippen LogP contribution is -2.21. The van der Waals surface area contributed by atoms with Gasteiger partial charge in [-0.15, -0.1) is 0 Å². The number of nitrogens with one attached hydrogen (secondary N) is 2. The lowest BCUT2D eigenvalue weighted by Gasteiger charge is -2.30. The maximum absolute atomic E-state index is 12.4. The molecular formula is C29H33N3O4. The molecule has 3 aliphatic rings. The second kappa shape index (κ2) is 9.54. The molecule has 0 saturated heterocycles. The first-order valence-corrected chi connectivity index (χ1v) is 13.1. The lowest BCUT2D eigenvalue weighted by molar-refractivity contribution is 0.108. The molecule has 0 bridgehead atoms. The van der Waals surface area contributed by atoms with Crippen molar-refractivity contribution in [2.75, 3.05) is 18.5 Å². The quantitative estimate of drug-likeness (QED) is 0.372. The summed E-state index contributed by atoms with van der Waals surface area (Å²) < 4.78 is 13.8. The molecule has 188 valence electrons. The Hall–Kier alpha value is -3.45. The summed E-state index contributed by atoms with van der Waals surface area (Å²) in [6.07, 6.45) is 7.47. The van der Waals surface area contributed by atoms with E-state index in [2.05, 4.69) is 45.7 Å². The number of hydroxylamine groups is 1. The molecule has 0 radical (unpaired) electrons. The highest BCUT2D eigenvalue weighted by molar-refractivity contribution is 6.01. The molecule has 6 rings (SSSR count). The van der Waals surface area contributed by atoms with Crippen molar-refractivity contribution in [3.05, 3.63) is 54.1 Å². The van der Waals surface area contributed by atoms with Crippen LogP contribution in [-0.2, 0) is 9.57 Å². The van der Waals surface area contributed by atoms with Crippen LogP contribution in [0.5, 0.6) is 5.75 Å². The van der Waals surface area contributed by atoms with Gasteiger partial charge in [-0.25, -0.2) is 4.79 Å². The monoisotopic (exact) mass is 487 g/mol. The number of anilines is 1. The van der Waals surface area contributed by atoms with E-state index in [1.165, 1.54) is 6.42 Å². The van der Waals surface area contributed by atoms with Gasteiger partial charge in [0, 0.05) is 23.2 Å². The van der Waals surface area contributed by atoms with Gasteiger partial charge in [-0.1, -0.05) is 12.1 Å². The van der Waals surface area contributed by atoms with Gasteiger partial charge < -0.3 is 18.9 Å². The molecule has 2 aromatic carbocycles. The summed E-state index contributed by atoms with van der Waals surface area (Å²) in [7, 11) is 0. The maximum Gasteiger partial charge on any atom is 0.411 e.